The van der Waals surface area contributed by atoms with E-state index in [0.29, 0.717) is 6.42 Å². The summed E-state index contributed by atoms with van der Waals surface area (Å²) in [5.74, 6) is -0.525. The molecule has 0 heterocycles. The number of ether oxygens (including phenoxy) is 1. The number of phosphoric acid groups is 1. The Balaban J connectivity index is 3.61. The van der Waals surface area contributed by atoms with Gasteiger partial charge in [0, 0.05) is 19.4 Å². The maximum absolute atomic E-state index is 12.1. The Kier molecular flexibility index (Phi) is 43.5. The average molecular weight is 850 g/mol. The molecule has 10 heteroatoms. The fraction of sp³-hybridized carbons (Fsp3) is 0.755. The molecular formula is C49H88NO8P. The first-order valence-electron chi connectivity index (χ1n) is 23.8. The van der Waals surface area contributed by atoms with Gasteiger partial charge in [0.25, 0.3) is 0 Å². The van der Waals surface area contributed by atoms with Crippen molar-refractivity contribution in [1.82, 2.24) is 5.32 Å². The molecule has 9 nitrogen and oxygen atoms in total. The Bertz CT molecular complexity index is 1150. The second-order valence-corrected chi connectivity index (χ2v) is 17.2. The van der Waals surface area contributed by atoms with Gasteiger partial charge in [0.15, 0.2) is 0 Å². The quantitative estimate of drug-likeness (QED) is 0.0239. The third-order valence-corrected chi connectivity index (χ3v) is 10.9. The summed E-state index contributed by atoms with van der Waals surface area (Å²) in [4.78, 5) is 34.0. The van der Waals surface area contributed by atoms with Crippen molar-refractivity contribution in [3.8, 4) is 0 Å². The van der Waals surface area contributed by atoms with E-state index < -0.39 is 26.5 Å². The van der Waals surface area contributed by atoms with E-state index in [1.807, 2.05) is 0 Å². The fourth-order valence-corrected chi connectivity index (χ4v) is 7.16. The minimum Gasteiger partial charge on any atom is -0.463 e. The second kappa shape index (κ2) is 45.2. The molecule has 2 atom stereocenters. The smallest absolute Gasteiger partial charge is 0.463 e. The van der Waals surface area contributed by atoms with E-state index in [9.17, 15) is 24.2 Å². The summed E-state index contributed by atoms with van der Waals surface area (Å²) in [6.07, 6.45) is 54.3. The molecule has 0 rings (SSSR count). The Labute approximate surface area is 361 Å². The molecule has 1 amide bonds. The summed E-state index contributed by atoms with van der Waals surface area (Å²) >= 11 is 0. The van der Waals surface area contributed by atoms with Gasteiger partial charge in [-0.2, -0.15) is 0 Å². The van der Waals surface area contributed by atoms with Crippen LogP contribution in [0.15, 0.2) is 60.8 Å². The normalized spacial score (nSPS) is 13.8. The first kappa shape index (κ1) is 56.7. The number of amides is 1. The molecule has 0 fully saturated rings. The lowest BCUT2D eigenvalue weighted by Gasteiger charge is -2.15. The zero-order chi connectivity index (χ0) is 43.2. The number of nitrogens with one attached hydrogen (secondary N) is 1. The number of unbranched alkanes of at least 4 members (excludes halogenated alkanes) is 21. The zero-order valence-electron chi connectivity index (χ0n) is 37.7. The Hall–Kier alpha value is -2.29. The van der Waals surface area contributed by atoms with Crippen molar-refractivity contribution >= 4 is 19.7 Å². The van der Waals surface area contributed by atoms with Gasteiger partial charge in [-0.25, -0.2) is 4.57 Å². The van der Waals surface area contributed by atoms with E-state index in [1.165, 1.54) is 96.3 Å². The number of rotatable bonds is 44. The number of carbonyl (C=O) groups is 2. The molecular weight excluding hydrogens is 762 g/mol. The molecule has 0 aromatic rings. The van der Waals surface area contributed by atoms with Crippen LogP contribution in [0, 0.1) is 0 Å². The number of phosphoric ester groups is 1. The lowest BCUT2D eigenvalue weighted by molar-refractivity contribution is -0.147. The number of esters is 1. The van der Waals surface area contributed by atoms with E-state index in [4.69, 9.17) is 13.8 Å². The SMILES string of the molecule is CC/C=C\C/C=C\C/C=C\C/C=C\C/C=C\CCCCCCCCCC(=O)OCC(O)COP(=O)(O)OCCNC(=O)CCCCCCCCCCCCCCCCC. The van der Waals surface area contributed by atoms with Crippen LogP contribution in [0.25, 0.3) is 0 Å². The monoisotopic (exact) mass is 850 g/mol. The summed E-state index contributed by atoms with van der Waals surface area (Å²) in [7, 11) is -4.42. The van der Waals surface area contributed by atoms with Gasteiger partial charge in [-0.05, 0) is 57.8 Å². The highest BCUT2D eigenvalue weighted by atomic mass is 31.2. The number of allylic oxidation sites excluding steroid dienone is 10. The van der Waals surface area contributed by atoms with Gasteiger partial charge in [-0.3, -0.25) is 18.6 Å². The maximum Gasteiger partial charge on any atom is 0.472 e. The lowest BCUT2D eigenvalue weighted by Crippen LogP contribution is -2.27. The van der Waals surface area contributed by atoms with Crippen molar-refractivity contribution in [3.63, 3.8) is 0 Å². The summed E-state index contributed by atoms with van der Waals surface area (Å²) in [5.41, 5.74) is 0. The van der Waals surface area contributed by atoms with E-state index in [-0.39, 0.29) is 32.1 Å². The first-order valence-corrected chi connectivity index (χ1v) is 25.3. The summed E-state index contributed by atoms with van der Waals surface area (Å²) in [5, 5.41) is 12.7. The third-order valence-electron chi connectivity index (χ3n) is 9.96. The number of aliphatic hydroxyl groups excluding tert-OH is 1. The van der Waals surface area contributed by atoms with Gasteiger partial charge in [0.1, 0.15) is 12.7 Å². The lowest BCUT2D eigenvalue weighted by atomic mass is 10.0. The zero-order valence-corrected chi connectivity index (χ0v) is 38.6. The summed E-state index contributed by atoms with van der Waals surface area (Å²) in [6, 6.07) is 0. The topological polar surface area (TPSA) is 131 Å². The van der Waals surface area contributed by atoms with Gasteiger partial charge in [-0.1, -0.05) is 197 Å². The summed E-state index contributed by atoms with van der Waals surface area (Å²) < 4.78 is 26.9. The van der Waals surface area contributed by atoms with Crippen molar-refractivity contribution in [1.29, 1.82) is 0 Å². The molecule has 0 saturated carbocycles. The number of hydrogen-bond donors (Lipinski definition) is 3. The van der Waals surface area contributed by atoms with Crippen LogP contribution in [0.5, 0.6) is 0 Å². The minimum absolute atomic E-state index is 0.0808. The number of hydrogen-bond acceptors (Lipinski definition) is 7. The van der Waals surface area contributed by atoms with Crippen LogP contribution in [0.2, 0.25) is 0 Å². The van der Waals surface area contributed by atoms with Crippen molar-refractivity contribution in [2.24, 2.45) is 0 Å². The van der Waals surface area contributed by atoms with Gasteiger partial charge in [-0.15, -0.1) is 0 Å². The summed E-state index contributed by atoms with van der Waals surface area (Å²) in [6.45, 7) is 3.44. The van der Waals surface area contributed by atoms with Crippen LogP contribution in [0.3, 0.4) is 0 Å². The molecule has 342 valence electrons. The molecule has 0 aromatic carbocycles. The maximum atomic E-state index is 12.1. The second-order valence-electron chi connectivity index (χ2n) is 15.7. The van der Waals surface area contributed by atoms with Crippen LogP contribution in [-0.2, 0) is 27.9 Å². The highest BCUT2D eigenvalue weighted by Gasteiger charge is 2.23. The Morgan fingerprint density at radius 3 is 1.46 bits per heavy atom. The fourth-order valence-electron chi connectivity index (χ4n) is 6.41. The number of carbonyl (C=O) groups excluding carboxylic acids is 2. The highest BCUT2D eigenvalue weighted by Crippen LogP contribution is 2.42. The Morgan fingerprint density at radius 2 is 0.966 bits per heavy atom. The molecule has 0 aromatic heterocycles. The van der Waals surface area contributed by atoms with Crippen LogP contribution in [0.4, 0.5) is 0 Å². The molecule has 0 spiro atoms. The molecule has 3 N–H and O–H groups in total. The van der Waals surface area contributed by atoms with Crippen molar-refractivity contribution in [2.45, 2.75) is 213 Å². The predicted molar refractivity (Wildman–Crippen MR) is 247 cm³/mol. The molecule has 0 aliphatic carbocycles. The molecule has 0 bridgehead atoms. The van der Waals surface area contributed by atoms with Crippen molar-refractivity contribution in [2.75, 3.05) is 26.4 Å². The molecule has 0 aliphatic heterocycles. The molecule has 0 radical (unpaired) electrons. The van der Waals surface area contributed by atoms with Crippen molar-refractivity contribution in [3.05, 3.63) is 60.8 Å². The van der Waals surface area contributed by atoms with Crippen LogP contribution in [0.1, 0.15) is 206 Å². The van der Waals surface area contributed by atoms with Gasteiger partial charge in [0.05, 0.1) is 13.2 Å². The van der Waals surface area contributed by atoms with E-state index in [0.717, 1.165) is 83.5 Å². The molecule has 0 saturated heterocycles. The van der Waals surface area contributed by atoms with Gasteiger partial charge < -0.3 is 20.1 Å². The van der Waals surface area contributed by atoms with Gasteiger partial charge >= 0.3 is 13.8 Å². The van der Waals surface area contributed by atoms with E-state index >= 15 is 0 Å². The highest BCUT2D eigenvalue weighted by molar-refractivity contribution is 7.47. The standard InChI is InChI=1S/C49H88NO8P/c1-3-5-7-9-11-13-15-17-19-20-21-22-23-24-25-26-28-30-32-34-36-38-40-42-49(53)56-45-47(51)46-58-59(54,55)57-44-43-50-48(52)41-39-37-35-33-31-29-27-18-16-14-12-10-8-6-4-2/h5,7,11,13,17,19,21-22,24-25,47,51H,3-4,6,8-10,12,14-16,18,20,23,26-46H2,1-2H3,(H,50,52)(H,54,55)/b7-5-,13-11-,19-17-,22-21-,25-24-. The minimum atomic E-state index is -4.42. The average Bonchev–Trinajstić information content (AvgIpc) is 3.22. The van der Waals surface area contributed by atoms with E-state index in [2.05, 4.69) is 79.9 Å². The first-order chi connectivity index (χ1) is 28.8. The van der Waals surface area contributed by atoms with Crippen LogP contribution in [-0.4, -0.2) is 54.3 Å². The van der Waals surface area contributed by atoms with Crippen LogP contribution < -0.4 is 5.32 Å². The number of aliphatic hydroxyl groups is 1. The third kappa shape index (κ3) is 46.6. The largest absolute Gasteiger partial charge is 0.472 e. The van der Waals surface area contributed by atoms with Crippen LogP contribution >= 0.6 is 7.82 Å². The van der Waals surface area contributed by atoms with Gasteiger partial charge in [0.2, 0.25) is 5.91 Å². The van der Waals surface area contributed by atoms with Crippen molar-refractivity contribution < 1.29 is 37.9 Å². The Morgan fingerprint density at radius 1 is 0.542 bits per heavy atom. The molecule has 59 heavy (non-hydrogen) atoms. The predicted octanol–water partition coefficient (Wildman–Crippen LogP) is 13.7. The molecule has 0 aliphatic rings. The van der Waals surface area contributed by atoms with E-state index in [1.54, 1.807) is 0 Å². The molecule has 2 unspecified atom stereocenters.